The summed E-state index contributed by atoms with van der Waals surface area (Å²) in [5.74, 6) is -1.03. The number of imidazole rings is 2. The van der Waals surface area contributed by atoms with Crippen LogP contribution in [0.25, 0.3) is 22.2 Å². The lowest BCUT2D eigenvalue weighted by Crippen LogP contribution is -2.39. The van der Waals surface area contributed by atoms with E-state index in [4.69, 9.17) is 31.7 Å². The number of aliphatic hydroxyl groups excluding tert-OH is 1. The standard InChI is InChI=1S/C42H53N15O6/c1-5-56-31(17-23(3)51-56)39(60)49-42-48-30-19-26(37(45)59)21-46-38(30)55(42)13-8-7-12-54-34-29(47-41(54)50-40(61)35-33(43)24(4)52-57(35)6-2)18-25(36(44)58)20-32(34)63-16-14-53-27-9-10-28(53)22-62-15-11-27/h7-8,17-21,27-28,39,60H,5-6,9-16,22,43H2,1-4H3,(H2,44,58)(H2,45,59)(H,48,49)(H,47,50,61)/b8-7+/t27-,28+,39?/m1/s1. The van der Waals surface area contributed by atoms with E-state index in [0.29, 0.717) is 84.3 Å². The fraction of sp³-hybridized carbons (Fsp3) is 0.429. The van der Waals surface area contributed by atoms with Crippen LogP contribution in [0.2, 0.25) is 0 Å². The Kier molecular flexibility index (Phi) is 12.1. The number of aromatic nitrogens is 9. The van der Waals surface area contributed by atoms with Gasteiger partial charge in [-0.3, -0.25) is 38.5 Å². The summed E-state index contributed by atoms with van der Waals surface area (Å²) in [7, 11) is 0. The number of carbonyl (C=O) groups is 3. The van der Waals surface area contributed by atoms with Gasteiger partial charge in [-0.05, 0) is 71.2 Å². The van der Waals surface area contributed by atoms with Crippen LogP contribution < -0.4 is 32.6 Å². The van der Waals surface area contributed by atoms with Crippen molar-refractivity contribution in [2.45, 2.75) is 91.4 Å². The van der Waals surface area contributed by atoms with Crippen molar-refractivity contribution in [3.05, 3.63) is 76.5 Å². The molecule has 0 aliphatic carbocycles. The van der Waals surface area contributed by atoms with Crippen molar-refractivity contribution in [1.82, 2.24) is 48.5 Å². The summed E-state index contributed by atoms with van der Waals surface area (Å²) in [5, 5.41) is 26.2. The Morgan fingerprint density at radius 3 is 2.38 bits per heavy atom. The van der Waals surface area contributed by atoms with Gasteiger partial charge in [0.05, 0.1) is 40.5 Å². The van der Waals surface area contributed by atoms with Crippen LogP contribution in [0.5, 0.6) is 5.75 Å². The Morgan fingerprint density at radius 1 is 0.921 bits per heavy atom. The van der Waals surface area contributed by atoms with Gasteiger partial charge < -0.3 is 41.7 Å². The molecule has 1 aromatic carbocycles. The van der Waals surface area contributed by atoms with E-state index in [-0.39, 0.29) is 47.5 Å². The highest BCUT2D eigenvalue weighted by Gasteiger charge is 2.35. The highest BCUT2D eigenvalue weighted by atomic mass is 16.5. The monoisotopic (exact) mass is 863 g/mol. The fourth-order valence-electron chi connectivity index (χ4n) is 8.57. The third-order valence-electron chi connectivity index (χ3n) is 11.7. The maximum atomic E-state index is 14.0. The minimum atomic E-state index is -1.18. The number of anilines is 3. The average Bonchev–Trinajstić information content (AvgIpc) is 4.03. The molecule has 3 atom stereocenters. The van der Waals surface area contributed by atoms with Crippen molar-refractivity contribution in [1.29, 1.82) is 0 Å². The number of benzene rings is 1. The highest BCUT2D eigenvalue weighted by molar-refractivity contribution is 6.07. The van der Waals surface area contributed by atoms with E-state index in [2.05, 4.69) is 35.7 Å². The SMILES string of the molecule is CCn1nc(C)cc1C(O)Nc1nc2cc(C(N)=O)cnc2n1C/C=C/Cn1c(NC(=O)c2c(N)c(C)nn2CC)nc2cc(C(N)=O)cc(OCCN3[C@H]4CCOC[C@@H]3CC4)c21. The lowest BCUT2D eigenvalue weighted by molar-refractivity contribution is 0.0990. The van der Waals surface area contributed by atoms with Gasteiger partial charge in [0.15, 0.2) is 11.9 Å². The van der Waals surface area contributed by atoms with Crippen molar-refractivity contribution >= 4 is 57.5 Å². The Hall–Kier alpha value is -6.84. The van der Waals surface area contributed by atoms with Gasteiger partial charge in [-0.15, -0.1) is 0 Å². The zero-order valence-electron chi connectivity index (χ0n) is 35.7. The summed E-state index contributed by atoms with van der Waals surface area (Å²) in [6.45, 7) is 11.1. The molecule has 6 aromatic rings. The number of nitrogen functional groups attached to an aromatic ring is 1. The third-order valence-corrected chi connectivity index (χ3v) is 11.7. The van der Waals surface area contributed by atoms with E-state index in [1.807, 2.05) is 32.9 Å². The number of ether oxygens (including phenoxy) is 2. The Balaban J connectivity index is 1.14. The van der Waals surface area contributed by atoms with Gasteiger partial charge in [0.2, 0.25) is 23.7 Å². The number of hydrogen-bond donors (Lipinski definition) is 6. The first-order valence-corrected chi connectivity index (χ1v) is 21.1. The first kappa shape index (κ1) is 42.8. The van der Waals surface area contributed by atoms with Gasteiger partial charge in [-0.2, -0.15) is 10.2 Å². The number of hydrogen-bond acceptors (Lipinski definition) is 14. The molecule has 9 N–H and O–H groups in total. The molecule has 3 amide bonds. The molecule has 2 bridgehead atoms. The van der Waals surface area contributed by atoms with Gasteiger partial charge in [0, 0.05) is 63.2 Å². The lowest BCUT2D eigenvalue weighted by Gasteiger charge is -2.27. The van der Waals surface area contributed by atoms with Gasteiger partial charge in [0.1, 0.15) is 29.1 Å². The van der Waals surface area contributed by atoms with Crippen molar-refractivity contribution < 1.29 is 29.0 Å². The number of aryl methyl sites for hydroxylation is 4. The molecule has 2 aliphatic rings. The summed E-state index contributed by atoms with van der Waals surface area (Å²) in [4.78, 5) is 55.1. The van der Waals surface area contributed by atoms with Crippen LogP contribution in [0.4, 0.5) is 17.6 Å². The molecule has 5 aromatic heterocycles. The lowest BCUT2D eigenvalue weighted by atomic mass is 10.1. The molecule has 1 unspecified atom stereocenters. The minimum Gasteiger partial charge on any atom is -0.490 e. The van der Waals surface area contributed by atoms with Crippen LogP contribution >= 0.6 is 0 Å². The number of primary amides is 2. The molecule has 0 spiro atoms. The molecular weight excluding hydrogens is 811 g/mol. The zero-order chi connectivity index (χ0) is 44.5. The number of fused-ring (bicyclic) bond motifs is 4. The second-order valence-corrected chi connectivity index (χ2v) is 15.7. The average molecular weight is 864 g/mol. The summed E-state index contributed by atoms with van der Waals surface area (Å²) in [6.07, 6.45) is 7.06. The van der Waals surface area contributed by atoms with Gasteiger partial charge >= 0.3 is 0 Å². The molecule has 8 rings (SSSR count). The molecule has 21 nitrogen and oxygen atoms in total. The van der Waals surface area contributed by atoms with Crippen molar-refractivity contribution in [3.63, 3.8) is 0 Å². The molecule has 2 saturated heterocycles. The maximum Gasteiger partial charge on any atom is 0.278 e. The summed E-state index contributed by atoms with van der Waals surface area (Å²) < 4.78 is 19.1. The van der Waals surface area contributed by atoms with Crippen LogP contribution in [-0.4, -0.2) is 110 Å². The fourth-order valence-corrected chi connectivity index (χ4v) is 8.57. The molecule has 7 heterocycles. The van der Waals surface area contributed by atoms with E-state index in [0.717, 1.165) is 31.6 Å². The van der Waals surface area contributed by atoms with E-state index in [9.17, 15) is 19.5 Å². The number of amides is 3. The maximum absolute atomic E-state index is 14.0. The number of pyridine rings is 1. The molecular formula is C42H53N15O6. The van der Waals surface area contributed by atoms with Crippen molar-refractivity contribution in [2.75, 3.05) is 42.7 Å². The highest BCUT2D eigenvalue weighted by Crippen LogP contribution is 2.33. The van der Waals surface area contributed by atoms with E-state index in [1.165, 1.54) is 10.9 Å². The van der Waals surface area contributed by atoms with Crippen LogP contribution in [-0.2, 0) is 30.9 Å². The van der Waals surface area contributed by atoms with E-state index < -0.39 is 23.9 Å². The molecule has 2 aliphatic heterocycles. The van der Waals surface area contributed by atoms with Crippen molar-refractivity contribution in [2.24, 2.45) is 11.5 Å². The van der Waals surface area contributed by atoms with Crippen LogP contribution in [0, 0.1) is 13.8 Å². The predicted octanol–water partition coefficient (Wildman–Crippen LogP) is 2.85. The number of rotatable bonds is 17. The van der Waals surface area contributed by atoms with Crippen LogP contribution in [0.3, 0.4) is 0 Å². The summed E-state index contributed by atoms with van der Waals surface area (Å²) in [5.41, 5.74) is 22.1. The number of nitrogens with zero attached hydrogens (tertiary/aromatic N) is 10. The first-order valence-electron chi connectivity index (χ1n) is 21.1. The number of nitrogens with one attached hydrogen (secondary N) is 2. The molecule has 2 fully saturated rings. The number of carbonyl (C=O) groups excluding carboxylic acids is 3. The second-order valence-electron chi connectivity index (χ2n) is 15.7. The van der Waals surface area contributed by atoms with E-state index in [1.54, 1.807) is 45.0 Å². The van der Waals surface area contributed by atoms with E-state index >= 15 is 0 Å². The second kappa shape index (κ2) is 17.9. The Bertz CT molecular complexity index is 2720. The van der Waals surface area contributed by atoms with Gasteiger partial charge in [-0.25, -0.2) is 15.0 Å². The number of aliphatic hydroxyl groups is 1. The largest absolute Gasteiger partial charge is 0.490 e. The topological polar surface area (TPSA) is 279 Å². The number of nitrogens with two attached hydrogens (primary N) is 3. The van der Waals surface area contributed by atoms with Crippen LogP contribution in [0.15, 0.2) is 42.6 Å². The van der Waals surface area contributed by atoms with Gasteiger partial charge in [0.25, 0.3) is 5.91 Å². The minimum absolute atomic E-state index is 0.164. The normalized spacial score (nSPS) is 17.2. The molecule has 63 heavy (non-hydrogen) atoms. The number of allylic oxidation sites excluding steroid dienone is 2. The molecule has 21 heteroatoms. The third kappa shape index (κ3) is 8.53. The summed E-state index contributed by atoms with van der Waals surface area (Å²) >= 11 is 0. The molecule has 0 saturated carbocycles. The Labute approximate surface area is 362 Å². The van der Waals surface area contributed by atoms with Crippen molar-refractivity contribution in [3.8, 4) is 5.75 Å². The molecule has 0 radical (unpaired) electrons. The zero-order valence-corrected chi connectivity index (χ0v) is 35.7. The van der Waals surface area contributed by atoms with Gasteiger partial charge in [-0.1, -0.05) is 12.2 Å². The first-order chi connectivity index (χ1) is 30.3. The van der Waals surface area contributed by atoms with Crippen LogP contribution in [0.1, 0.15) is 87.6 Å². The smallest absolute Gasteiger partial charge is 0.278 e. The molecule has 332 valence electrons. The predicted molar refractivity (Wildman–Crippen MR) is 234 cm³/mol. The summed E-state index contributed by atoms with van der Waals surface area (Å²) in [6, 6.07) is 7.23. The quantitative estimate of drug-likeness (QED) is 0.0569. The Morgan fingerprint density at radius 2 is 1.63 bits per heavy atom.